The number of para-hydroxylation sites is 1. The normalized spacial score (nSPS) is 18.0. The molecular formula is C24H26N2. The molecule has 26 heavy (non-hydrogen) atoms. The maximum Gasteiger partial charge on any atom is 0.0410 e. The van der Waals surface area contributed by atoms with Gasteiger partial charge in [-0.15, -0.1) is 0 Å². The Hall–Kier alpha value is -2.61. The van der Waals surface area contributed by atoms with Crippen molar-refractivity contribution in [2.24, 2.45) is 0 Å². The van der Waals surface area contributed by atoms with E-state index in [0.717, 1.165) is 13.0 Å². The Kier molecular flexibility index (Phi) is 5.01. The Balaban J connectivity index is 1.68. The predicted octanol–water partition coefficient (Wildman–Crippen LogP) is 5.39. The zero-order chi connectivity index (χ0) is 17.8. The van der Waals surface area contributed by atoms with E-state index in [9.17, 15) is 0 Å². The maximum atomic E-state index is 4.61. The highest BCUT2D eigenvalue weighted by Crippen LogP contribution is 2.36. The van der Waals surface area contributed by atoms with Crippen LogP contribution < -0.4 is 4.90 Å². The van der Waals surface area contributed by atoms with Crippen molar-refractivity contribution < 1.29 is 0 Å². The molecule has 0 saturated carbocycles. The second-order valence-electron chi connectivity index (χ2n) is 7.28. The monoisotopic (exact) mass is 342 g/mol. The van der Waals surface area contributed by atoms with Crippen molar-refractivity contribution >= 4 is 5.69 Å². The number of rotatable bonds is 5. The van der Waals surface area contributed by atoms with E-state index in [1.807, 2.05) is 12.3 Å². The molecular weight excluding hydrogens is 316 g/mol. The fraction of sp³-hybridized carbons (Fsp3) is 0.292. The lowest BCUT2D eigenvalue weighted by Crippen LogP contribution is -2.35. The number of aryl methyl sites for hydroxylation is 1. The molecule has 2 heteroatoms. The lowest BCUT2D eigenvalue weighted by Gasteiger charge is -2.34. The van der Waals surface area contributed by atoms with Gasteiger partial charge in [0.15, 0.2) is 0 Å². The van der Waals surface area contributed by atoms with Gasteiger partial charge in [0.2, 0.25) is 0 Å². The molecule has 0 bridgehead atoms. The van der Waals surface area contributed by atoms with Gasteiger partial charge >= 0.3 is 0 Å². The lowest BCUT2D eigenvalue weighted by molar-refractivity contribution is 0.521. The summed E-state index contributed by atoms with van der Waals surface area (Å²) in [4.78, 5) is 7.22. The average molecular weight is 342 g/mol. The molecule has 0 radical (unpaired) electrons. The summed E-state index contributed by atoms with van der Waals surface area (Å²) in [5, 5.41) is 0. The third kappa shape index (κ3) is 3.65. The van der Waals surface area contributed by atoms with Crippen molar-refractivity contribution in [2.45, 2.75) is 38.1 Å². The Labute approximate surface area is 156 Å². The summed E-state index contributed by atoms with van der Waals surface area (Å²) in [6.07, 6.45) is 5.38. The number of anilines is 1. The van der Waals surface area contributed by atoms with Crippen LogP contribution in [-0.2, 0) is 6.42 Å². The molecule has 2 aromatic carbocycles. The lowest BCUT2D eigenvalue weighted by atomic mass is 9.85. The van der Waals surface area contributed by atoms with Gasteiger partial charge < -0.3 is 4.90 Å². The van der Waals surface area contributed by atoms with Gasteiger partial charge in [-0.25, -0.2) is 0 Å². The average Bonchev–Trinajstić information content (AvgIpc) is 3.18. The molecule has 0 spiro atoms. The second-order valence-corrected chi connectivity index (χ2v) is 7.28. The molecule has 1 aromatic heterocycles. The van der Waals surface area contributed by atoms with E-state index in [-0.39, 0.29) is 0 Å². The van der Waals surface area contributed by atoms with E-state index in [1.54, 1.807) is 0 Å². The molecule has 0 amide bonds. The first-order valence-corrected chi connectivity index (χ1v) is 9.59. The van der Waals surface area contributed by atoms with Crippen molar-refractivity contribution in [2.75, 3.05) is 11.4 Å². The van der Waals surface area contributed by atoms with E-state index in [0.29, 0.717) is 12.0 Å². The molecule has 2 heterocycles. The highest BCUT2D eigenvalue weighted by molar-refractivity contribution is 5.49. The predicted molar refractivity (Wildman–Crippen MR) is 109 cm³/mol. The zero-order valence-corrected chi connectivity index (χ0v) is 15.4. The highest BCUT2D eigenvalue weighted by Gasteiger charge is 2.33. The van der Waals surface area contributed by atoms with E-state index in [1.165, 1.54) is 35.3 Å². The van der Waals surface area contributed by atoms with Crippen molar-refractivity contribution in [1.29, 1.82) is 0 Å². The molecule has 1 saturated heterocycles. The van der Waals surface area contributed by atoms with E-state index in [4.69, 9.17) is 0 Å². The Morgan fingerprint density at radius 3 is 2.46 bits per heavy atom. The Morgan fingerprint density at radius 2 is 1.73 bits per heavy atom. The van der Waals surface area contributed by atoms with Gasteiger partial charge in [0, 0.05) is 36.1 Å². The third-order valence-electron chi connectivity index (χ3n) is 5.51. The third-order valence-corrected chi connectivity index (χ3v) is 5.51. The minimum atomic E-state index is 0.452. The smallest absolute Gasteiger partial charge is 0.0410 e. The van der Waals surface area contributed by atoms with Crippen molar-refractivity contribution in [3.8, 4) is 0 Å². The molecule has 2 nitrogen and oxygen atoms in total. The summed E-state index contributed by atoms with van der Waals surface area (Å²) < 4.78 is 0. The number of hydrogen-bond acceptors (Lipinski definition) is 2. The summed E-state index contributed by atoms with van der Waals surface area (Å²) in [6.45, 7) is 3.29. The molecule has 2 unspecified atom stereocenters. The van der Waals surface area contributed by atoms with E-state index in [2.05, 4.69) is 83.5 Å². The Bertz CT molecular complexity index is 812. The van der Waals surface area contributed by atoms with Gasteiger partial charge in [-0.1, -0.05) is 54.1 Å². The highest BCUT2D eigenvalue weighted by atomic mass is 15.2. The summed E-state index contributed by atoms with van der Waals surface area (Å²) in [7, 11) is 0. The van der Waals surface area contributed by atoms with Gasteiger partial charge in [-0.3, -0.25) is 4.98 Å². The molecule has 132 valence electrons. The SMILES string of the molecule is Cc1ccc(C(Cc2ccccn2)C2CCCN2c2ccccc2)cc1. The van der Waals surface area contributed by atoms with Gasteiger partial charge in [-0.05, 0) is 56.0 Å². The van der Waals surface area contributed by atoms with Crippen LogP contribution in [0.15, 0.2) is 79.0 Å². The zero-order valence-electron chi connectivity index (χ0n) is 15.4. The quantitative estimate of drug-likeness (QED) is 0.618. The Morgan fingerprint density at radius 1 is 0.962 bits per heavy atom. The maximum absolute atomic E-state index is 4.61. The summed E-state index contributed by atoms with van der Waals surface area (Å²) in [6, 6.07) is 26.7. The number of benzene rings is 2. The fourth-order valence-electron chi connectivity index (χ4n) is 4.18. The molecule has 1 aliphatic heterocycles. The number of pyridine rings is 1. The molecule has 2 atom stereocenters. The van der Waals surface area contributed by atoms with E-state index >= 15 is 0 Å². The fourth-order valence-corrected chi connectivity index (χ4v) is 4.18. The van der Waals surface area contributed by atoms with Crippen LogP contribution in [0.1, 0.15) is 35.6 Å². The van der Waals surface area contributed by atoms with Crippen LogP contribution in [-0.4, -0.2) is 17.6 Å². The number of nitrogens with zero attached hydrogens (tertiary/aromatic N) is 2. The van der Waals surface area contributed by atoms with Crippen molar-refractivity contribution in [3.05, 3.63) is 95.8 Å². The van der Waals surface area contributed by atoms with Crippen molar-refractivity contribution in [3.63, 3.8) is 0 Å². The van der Waals surface area contributed by atoms with Gasteiger partial charge in [-0.2, -0.15) is 0 Å². The van der Waals surface area contributed by atoms with Crippen LogP contribution in [0, 0.1) is 6.92 Å². The van der Waals surface area contributed by atoms with Crippen molar-refractivity contribution in [1.82, 2.24) is 4.98 Å². The molecule has 4 rings (SSSR count). The van der Waals surface area contributed by atoms with Crippen LogP contribution >= 0.6 is 0 Å². The summed E-state index contributed by atoms with van der Waals surface area (Å²) >= 11 is 0. The summed E-state index contributed by atoms with van der Waals surface area (Å²) in [5.41, 5.74) is 5.26. The van der Waals surface area contributed by atoms with Gasteiger partial charge in [0.05, 0.1) is 0 Å². The van der Waals surface area contributed by atoms with Crippen LogP contribution in [0.5, 0.6) is 0 Å². The molecule has 1 fully saturated rings. The topological polar surface area (TPSA) is 16.1 Å². The van der Waals surface area contributed by atoms with Crippen LogP contribution in [0.4, 0.5) is 5.69 Å². The first-order valence-electron chi connectivity index (χ1n) is 9.59. The molecule has 1 aliphatic rings. The molecule has 3 aromatic rings. The molecule has 0 aliphatic carbocycles. The summed E-state index contributed by atoms with van der Waals surface area (Å²) in [5.74, 6) is 0.452. The number of aromatic nitrogens is 1. The van der Waals surface area contributed by atoms with Crippen LogP contribution in [0.2, 0.25) is 0 Å². The second kappa shape index (κ2) is 7.74. The number of hydrogen-bond donors (Lipinski definition) is 0. The van der Waals surface area contributed by atoms with Gasteiger partial charge in [0.25, 0.3) is 0 Å². The standard InChI is InChI=1S/C24H26N2/c1-19-12-14-20(15-13-19)23(18-21-8-5-6-16-25-21)24-11-7-17-26(24)22-9-3-2-4-10-22/h2-6,8-10,12-16,23-24H,7,11,17-18H2,1H3. The largest absolute Gasteiger partial charge is 0.368 e. The minimum absolute atomic E-state index is 0.452. The van der Waals surface area contributed by atoms with Crippen LogP contribution in [0.25, 0.3) is 0 Å². The van der Waals surface area contributed by atoms with Crippen LogP contribution in [0.3, 0.4) is 0 Å². The minimum Gasteiger partial charge on any atom is -0.368 e. The van der Waals surface area contributed by atoms with E-state index < -0.39 is 0 Å². The first-order chi connectivity index (χ1) is 12.8. The first kappa shape index (κ1) is 16.8. The van der Waals surface area contributed by atoms with Gasteiger partial charge in [0.1, 0.15) is 0 Å². The molecule has 0 N–H and O–H groups in total.